The van der Waals surface area contributed by atoms with Gasteiger partial charge in [0.05, 0.1) is 29.9 Å². The second kappa shape index (κ2) is 13.7. The maximum Gasteiger partial charge on any atom is 0.573 e. The van der Waals surface area contributed by atoms with Crippen molar-refractivity contribution >= 4 is 34.2 Å². The van der Waals surface area contributed by atoms with Crippen molar-refractivity contribution in [2.75, 3.05) is 23.1 Å². The minimum absolute atomic E-state index is 0.00706. The lowest BCUT2D eigenvalue weighted by atomic mass is 9.99. The van der Waals surface area contributed by atoms with Crippen LogP contribution in [-0.4, -0.2) is 56.5 Å². The Kier molecular flexibility index (Phi) is 9.72. The van der Waals surface area contributed by atoms with Crippen molar-refractivity contribution in [2.24, 2.45) is 4.99 Å². The molecule has 1 atom stereocenters. The molecule has 1 aliphatic heterocycles. The molecule has 0 spiro atoms. The molecule has 242 valence electrons. The summed E-state index contributed by atoms with van der Waals surface area (Å²) < 4.78 is 53.8. The van der Waals surface area contributed by atoms with Gasteiger partial charge in [-0.15, -0.1) is 18.3 Å². The number of hydrogen-bond donors (Lipinski definition) is 2. The molecule has 46 heavy (non-hydrogen) atoms. The number of carbonyl (C=O) groups excluding carboxylic acids is 1. The molecule has 1 fully saturated rings. The number of alkyl halides is 3. The molecule has 11 nitrogen and oxygen atoms in total. The van der Waals surface area contributed by atoms with Crippen molar-refractivity contribution in [3.8, 4) is 22.9 Å². The fourth-order valence-corrected chi connectivity index (χ4v) is 5.51. The van der Waals surface area contributed by atoms with Gasteiger partial charge in [0.1, 0.15) is 30.2 Å². The van der Waals surface area contributed by atoms with Crippen molar-refractivity contribution in [3.05, 3.63) is 83.9 Å². The number of thioether (sulfide) groups is 1. The summed E-state index contributed by atoms with van der Waals surface area (Å²) in [4.78, 5) is 23.0. The van der Waals surface area contributed by atoms with E-state index >= 15 is 0 Å². The largest absolute Gasteiger partial charge is 0.573 e. The van der Waals surface area contributed by atoms with E-state index in [1.807, 2.05) is 25.1 Å². The van der Waals surface area contributed by atoms with Crippen LogP contribution in [0.2, 0.25) is 0 Å². The monoisotopic (exact) mass is 656 g/mol. The van der Waals surface area contributed by atoms with Crippen molar-refractivity contribution < 1.29 is 37.3 Å². The number of rotatable bonds is 11. The van der Waals surface area contributed by atoms with Gasteiger partial charge in [0.15, 0.2) is 11.0 Å². The second-order valence-corrected chi connectivity index (χ2v) is 11.4. The summed E-state index contributed by atoms with van der Waals surface area (Å²) in [5, 5.41) is 18.4. The minimum Gasteiger partial charge on any atom is -0.494 e. The third-order valence-corrected chi connectivity index (χ3v) is 7.68. The van der Waals surface area contributed by atoms with E-state index in [1.165, 1.54) is 54.1 Å². The number of amidine groups is 1. The number of aliphatic hydroxyl groups excluding tert-OH is 1. The van der Waals surface area contributed by atoms with Gasteiger partial charge in [-0.1, -0.05) is 37.7 Å². The molecule has 2 N–H and O–H groups in total. The van der Waals surface area contributed by atoms with E-state index in [9.17, 15) is 23.1 Å². The van der Waals surface area contributed by atoms with Crippen LogP contribution in [0.4, 0.5) is 24.5 Å². The van der Waals surface area contributed by atoms with Gasteiger partial charge in [-0.2, -0.15) is 0 Å². The number of halogens is 3. The number of nitrogens with one attached hydrogen (secondary N) is 1. The van der Waals surface area contributed by atoms with Gasteiger partial charge in [0.2, 0.25) is 12.3 Å². The summed E-state index contributed by atoms with van der Waals surface area (Å²) in [6.45, 7) is 6.06. The number of carbonyl (C=O) groups is 1. The van der Waals surface area contributed by atoms with Gasteiger partial charge in [-0.05, 0) is 66.4 Å². The number of aliphatic imine (C=N–C) groups is 1. The van der Waals surface area contributed by atoms with Crippen LogP contribution in [0.3, 0.4) is 0 Å². The molecule has 1 unspecified atom stereocenters. The molecule has 5 rings (SSSR count). The van der Waals surface area contributed by atoms with Crippen LogP contribution in [0, 0.1) is 6.92 Å². The highest BCUT2D eigenvalue weighted by Crippen LogP contribution is 2.35. The summed E-state index contributed by atoms with van der Waals surface area (Å²) in [6.07, 6.45) is -4.75. The fourth-order valence-electron chi connectivity index (χ4n) is 4.62. The van der Waals surface area contributed by atoms with E-state index in [1.54, 1.807) is 23.1 Å². The fraction of sp³-hybridized carbons (Fsp3) is 0.290. The van der Waals surface area contributed by atoms with E-state index < -0.39 is 12.7 Å². The Morgan fingerprint density at radius 2 is 1.83 bits per heavy atom. The summed E-state index contributed by atoms with van der Waals surface area (Å²) in [6, 6.07) is 16.1. The van der Waals surface area contributed by atoms with E-state index in [2.05, 4.69) is 39.0 Å². The first-order chi connectivity index (χ1) is 21.9. The van der Waals surface area contributed by atoms with Gasteiger partial charge >= 0.3 is 6.36 Å². The lowest BCUT2D eigenvalue weighted by molar-refractivity contribution is -0.274. The molecule has 1 saturated heterocycles. The second-order valence-electron chi connectivity index (χ2n) is 10.5. The average Bonchev–Trinajstić information content (AvgIpc) is 3.62. The molecule has 0 bridgehead atoms. The lowest BCUT2D eigenvalue weighted by Crippen LogP contribution is -2.32. The van der Waals surface area contributed by atoms with Gasteiger partial charge < -0.3 is 24.6 Å². The Labute approximate surface area is 267 Å². The Morgan fingerprint density at radius 1 is 1.09 bits per heavy atom. The van der Waals surface area contributed by atoms with Crippen molar-refractivity contribution in [1.82, 2.24) is 14.8 Å². The zero-order chi connectivity index (χ0) is 33.0. The molecular weight excluding hydrogens is 625 g/mol. The number of hydrogen-bond acceptors (Lipinski definition) is 10. The third kappa shape index (κ3) is 7.90. The molecule has 15 heteroatoms. The maximum atomic E-state index is 12.9. The van der Waals surface area contributed by atoms with Crippen LogP contribution >= 0.6 is 11.8 Å². The molecule has 1 aromatic heterocycles. The molecule has 2 heterocycles. The molecule has 1 aliphatic rings. The molecule has 3 aromatic carbocycles. The first-order valence-corrected chi connectivity index (χ1v) is 15.0. The van der Waals surface area contributed by atoms with Crippen LogP contribution in [-0.2, 0) is 11.4 Å². The first kappa shape index (κ1) is 32.6. The molecule has 4 aromatic rings. The first-order valence-electron chi connectivity index (χ1n) is 14.1. The number of benzene rings is 3. The lowest BCUT2D eigenvalue weighted by Gasteiger charge is -2.23. The highest BCUT2D eigenvalue weighted by molar-refractivity contribution is 8.15. The Morgan fingerprint density at radius 3 is 2.52 bits per heavy atom. The Bertz CT molecular complexity index is 1730. The number of aliphatic hydroxyl groups is 1. The van der Waals surface area contributed by atoms with Crippen LogP contribution in [0.25, 0.3) is 5.69 Å². The molecule has 0 saturated carbocycles. The van der Waals surface area contributed by atoms with E-state index in [4.69, 9.17) is 9.47 Å². The Balaban J connectivity index is 1.23. The van der Waals surface area contributed by atoms with E-state index in [0.29, 0.717) is 33.9 Å². The van der Waals surface area contributed by atoms with Gasteiger partial charge in [0, 0.05) is 6.07 Å². The van der Waals surface area contributed by atoms with Crippen LogP contribution in [0.5, 0.6) is 17.2 Å². The Hall–Kier alpha value is -4.76. The number of methoxy groups -OCH3 is 1. The zero-order valence-electron chi connectivity index (χ0n) is 25.3. The molecule has 0 radical (unpaired) electrons. The standard InChI is InChI=1S/C31H31F3N6O5S/c1-18(2)23-11-5-19(3)13-25(23)40-28(41)16-46-30(40)37-29(42)36-24-12-10-22(14-26(24)43-4)44-15-27-35-17-39(38-27)20-6-8-21(9-7-20)45-31(32,33)34/h5-14,17-18,29,36,42H,15-16H2,1-4H3/b37-30-. The van der Waals surface area contributed by atoms with Gasteiger partial charge in [-0.3, -0.25) is 9.69 Å². The number of aromatic nitrogens is 3. The van der Waals surface area contributed by atoms with Gasteiger partial charge in [0.25, 0.3) is 0 Å². The number of amides is 1. The van der Waals surface area contributed by atoms with Crippen molar-refractivity contribution in [3.63, 3.8) is 0 Å². The van der Waals surface area contributed by atoms with Crippen LogP contribution in [0.15, 0.2) is 72.0 Å². The summed E-state index contributed by atoms with van der Waals surface area (Å²) >= 11 is 1.25. The van der Waals surface area contributed by atoms with Gasteiger partial charge in [-0.25, -0.2) is 14.7 Å². The minimum atomic E-state index is -4.78. The number of aryl methyl sites for hydroxylation is 1. The van der Waals surface area contributed by atoms with Crippen LogP contribution in [0.1, 0.15) is 36.7 Å². The van der Waals surface area contributed by atoms with E-state index in [0.717, 1.165) is 16.8 Å². The number of anilines is 2. The molecule has 1 amide bonds. The molecule has 0 aliphatic carbocycles. The summed E-state index contributed by atoms with van der Waals surface area (Å²) in [5.41, 5.74) is 3.68. The zero-order valence-corrected chi connectivity index (χ0v) is 26.1. The van der Waals surface area contributed by atoms with Crippen LogP contribution < -0.4 is 24.4 Å². The average molecular weight is 657 g/mol. The summed E-state index contributed by atoms with van der Waals surface area (Å²) in [7, 11) is 1.47. The smallest absolute Gasteiger partial charge is 0.494 e. The molecular formula is C31H31F3N6O5S. The van der Waals surface area contributed by atoms with Crippen molar-refractivity contribution in [2.45, 2.75) is 46.0 Å². The predicted octanol–water partition coefficient (Wildman–Crippen LogP) is 6.01. The third-order valence-electron chi connectivity index (χ3n) is 6.75. The maximum absolute atomic E-state index is 12.9. The predicted molar refractivity (Wildman–Crippen MR) is 168 cm³/mol. The highest BCUT2D eigenvalue weighted by atomic mass is 32.2. The topological polar surface area (TPSA) is 123 Å². The normalized spacial score (nSPS) is 15.0. The number of ether oxygens (including phenoxy) is 3. The van der Waals surface area contributed by atoms with E-state index in [-0.39, 0.29) is 29.9 Å². The quantitative estimate of drug-likeness (QED) is 0.187. The summed E-state index contributed by atoms with van der Waals surface area (Å²) in [5.74, 6) is 1.05. The van der Waals surface area contributed by atoms with Crippen molar-refractivity contribution in [1.29, 1.82) is 0 Å². The SMILES string of the molecule is COc1cc(OCc2ncn(-c3ccc(OC(F)(F)F)cc3)n2)ccc1NC(O)/N=C1\SCC(=O)N1c1cc(C)ccc1C(C)C. The highest BCUT2D eigenvalue weighted by Gasteiger charge is 2.33. The number of nitrogens with zero attached hydrogens (tertiary/aromatic N) is 5.